The molecule has 0 saturated carbocycles. The number of hydrogen-bond donors (Lipinski definition) is 2. The molecule has 0 aliphatic carbocycles. The van der Waals surface area contributed by atoms with E-state index in [-0.39, 0.29) is 5.56 Å². The zero-order valence-corrected chi connectivity index (χ0v) is 18.3. The number of aromatic nitrogens is 2. The molecular weight excluding hydrogens is 431 g/mol. The summed E-state index contributed by atoms with van der Waals surface area (Å²) in [5, 5.41) is 7.51. The van der Waals surface area contributed by atoms with Gasteiger partial charge in [-0.2, -0.15) is 0 Å². The highest BCUT2D eigenvalue weighted by atomic mass is 35.5. The minimum Gasteiger partial charge on any atom is -0.308 e. The minimum absolute atomic E-state index is 0.0224. The molecule has 1 aromatic carbocycles. The summed E-state index contributed by atoms with van der Waals surface area (Å²) in [7, 11) is 0. The number of carbonyl (C=O) groups is 1. The Kier molecular flexibility index (Phi) is 5.55. The highest BCUT2D eigenvalue weighted by Gasteiger charge is 2.21. The van der Waals surface area contributed by atoms with Crippen molar-refractivity contribution in [2.45, 2.75) is 39.7 Å². The van der Waals surface area contributed by atoms with Crippen LogP contribution >= 0.6 is 34.5 Å². The van der Waals surface area contributed by atoms with Crippen molar-refractivity contribution in [3.63, 3.8) is 0 Å². The first-order valence-corrected chi connectivity index (χ1v) is 11.0. The zero-order chi connectivity index (χ0) is 20.7. The Morgan fingerprint density at radius 1 is 1.24 bits per heavy atom. The van der Waals surface area contributed by atoms with Crippen molar-refractivity contribution in [1.82, 2.24) is 9.55 Å². The van der Waals surface area contributed by atoms with Crippen LogP contribution in [0.1, 0.15) is 31.2 Å². The first-order valence-electron chi connectivity index (χ1n) is 9.39. The molecule has 1 aliphatic rings. The molecule has 0 bridgehead atoms. The second-order valence-corrected chi connectivity index (χ2v) is 9.18. The van der Waals surface area contributed by atoms with Gasteiger partial charge in [0.1, 0.15) is 15.7 Å². The van der Waals surface area contributed by atoms with Crippen LogP contribution in [0.3, 0.4) is 0 Å². The van der Waals surface area contributed by atoms with E-state index in [1.165, 1.54) is 11.3 Å². The number of carbonyl (C=O) groups excluding carboxylic acids is 1. The number of rotatable bonds is 2. The van der Waals surface area contributed by atoms with Gasteiger partial charge in [0.15, 0.2) is 0 Å². The third-order valence-corrected chi connectivity index (χ3v) is 7.08. The molecule has 0 saturated heterocycles. The number of nitrogens with one attached hydrogen (secondary N) is 2. The van der Waals surface area contributed by atoms with Crippen LogP contribution < -0.4 is 16.2 Å². The van der Waals surface area contributed by atoms with E-state index in [1.54, 1.807) is 22.8 Å². The van der Waals surface area contributed by atoms with E-state index in [0.29, 0.717) is 43.4 Å². The number of fused-ring (bicyclic) bond motifs is 2. The molecule has 1 unspecified atom stereocenters. The van der Waals surface area contributed by atoms with E-state index in [4.69, 9.17) is 28.2 Å². The van der Waals surface area contributed by atoms with Crippen LogP contribution in [0.15, 0.2) is 23.0 Å². The SMILES string of the molecule is Cc1c(NC(=O)Nc2ccc(Cl)c(Cl)c2)sc2nc3n(c(=O)c12)CCC(C)CC3. The quantitative estimate of drug-likeness (QED) is 0.526. The first kappa shape index (κ1) is 20.2. The summed E-state index contributed by atoms with van der Waals surface area (Å²) in [6.45, 7) is 4.73. The molecule has 2 aromatic heterocycles. The lowest BCUT2D eigenvalue weighted by atomic mass is 10.0. The lowest BCUT2D eigenvalue weighted by Gasteiger charge is -2.08. The van der Waals surface area contributed by atoms with Gasteiger partial charge in [0.05, 0.1) is 15.4 Å². The third-order valence-electron chi connectivity index (χ3n) is 5.24. The molecule has 6 nitrogen and oxygen atoms in total. The summed E-state index contributed by atoms with van der Waals surface area (Å²) >= 11 is 13.2. The average molecular weight is 451 g/mol. The fourth-order valence-corrected chi connectivity index (χ4v) is 4.89. The molecule has 2 N–H and O–H groups in total. The number of halogens is 2. The van der Waals surface area contributed by atoms with Crippen LogP contribution in [-0.2, 0) is 13.0 Å². The summed E-state index contributed by atoms with van der Waals surface area (Å²) < 4.78 is 1.80. The number of aryl methyl sites for hydroxylation is 2. The Hall–Kier alpha value is -2.09. The second-order valence-electron chi connectivity index (χ2n) is 7.36. The van der Waals surface area contributed by atoms with E-state index in [2.05, 4.69) is 17.6 Å². The van der Waals surface area contributed by atoms with Gasteiger partial charge in [-0.05, 0) is 49.4 Å². The lowest BCUT2D eigenvalue weighted by Crippen LogP contribution is -2.24. The Morgan fingerprint density at radius 2 is 2.03 bits per heavy atom. The normalized spacial score (nSPS) is 16.3. The van der Waals surface area contributed by atoms with Gasteiger partial charge in [-0.3, -0.25) is 14.7 Å². The van der Waals surface area contributed by atoms with Crippen molar-refractivity contribution in [2.24, 2.45) is 5.92 Å². The van der Waals surface area contributed by atoms with Gasteiger partial charge in [-0.25, -0.2) is 9.78 Å². The number of amides is 2. The van der Waals surface area contributed by atoms with Crippen LogP contribution in [-0.4, -0.2) is 15.6 Å². The molecule has 3 aromatic rings. The van der Waals surface area contributed by atoms with Crippen LogP contribution in [0.25, 0.3) is 10.2 Å². The molecule has 3 heterocycles. The number of thiophene rings is 1. The van der Waals surface area contributed by atoms with Crippen molar-refractivity contribution in [3.8, 4) is 0 Å². The molecule has 1 atom stereocenters. The summed E-state index contributed by atoms with van der Waals surface area (Å²) in [4.78, 5) is 30.9. The molecular formula is C20H20Cl2N4O2S. The van der Waals surface area contributed by atoms with Gasteiger partial charge < -0.3 is 5.32 Å². The highest BCUT2D eigenvalue weighted by molar-refractivity contribution is 7.22. The topological polar surface area (TPSA) is 76.0 Å². The monoisotopic (exact) mass is 450 g/mol. The van der Waals surface area contributed by atoms with Crippen molar-refractivity contribution < 1.29 is 4.79 Å². The maximum atomic E-state index is 13.1. The molecule has 9 heteroatoms. The van der Waals surface area contributed by atoms with Crippen molar-refractivity contribution >= 4 is 61.5 Å². The fourth-order valence-electron chi connectivity index (χ4n) is 3.51. The van der Waals surface area contributed by atoms with Crippen molar-refractivity contribution in [3.05, 3.63) is 50.0 Å². The highest BCUT2D eigenvalue weighted by Crippen LogP contribution is 2.33. The molecule has 0 fully saturated rings. The van der Waals surface area contributed by atoms with Crippen molar-refractivity contribution in [2.75, 3.05) is 10.6 Å². The summed E-state index contributed by atoms with van der Waals surface area (Å²) in [5.74, 6) is 1.41. The Balaban J connectivity index is 1.62. The van der Waals surface area contributed by atoms with Crippen molar-refractivity contribution in [1.29, 1.82) is 0 Å². The average Bonchev–Trinajstić information content (AvgIpc) is 2.84. The third kappa shape index (κ3) is 3.99. The van der Waals surface area contributed by atoms with Crippen LogP contribution in [0.2, 0.25) is 10.0 Å². The van der Waals surface area contributed by atoms with E-state index in [9.17, 15) is 9.59 Å². The van der Waals surface area contributed by atoms with E-state index in [0.717, 1.165) is 30.7 Å². The standard InChI is InChI=1S/C20H20Cl2N4O2S/c1-10-3-6-15-24-18-16(19(27)26(15)8-7-10)11(2)17(29-18)25-20(28)23-12-4-5-13(21)14(22)9-12/h4-5,9-10H,3,6-8H2,1-2H3,(H2,23,25,28). The molecule has 29 heavy (non-hydrogen) atoms. The van der Waals surface area contributed by atoms with Gasteiger partial charge in [0.25, 0.3) is 5.56 Å². The molecule has 4 rings (SSSR count). The Bertz CT molecular complexity index is 1170. The predicted molar refractivity (Wildman–Crippen MR) is 120 cm³/mol. The largest absolute Gasteiger partial charge is 0.324 e. The van der Waals surface area contributed by atoms with E-state index >= 15 is 0 Å². The lowest BCUT2D eigenvalue weighted by molar-refractivity contribution is 0.262. The van der Waals surface area contributed by atoms with Crippen LogP contribution in [0, 0.1) is 12.8 Å². The second kappa shape index (κ2) is 7.97. The molecule has 152 valence electrons. The van der Waals surface area contributed by atoms with Gasteiger partial charge >= 0.3 is 6.03 Å². The maximum Gasteiger partial charge on any atom is 0.324 e. The minimum atomic E-state index is -0.423. The summed E-state index contributed by atoms with van der Waals surface area (Å²) in [6, 6.07) is 4.43. The van der Waals surface area contributed by atoms with E-state index in [1.807, 2.05) is 6.92 Å². The van der Waals surface area contributed by atoms with Crippen LogP contribution in [0.5, 0.6) is 0 Å². The maximum absolute atomic E-state index is 13.1. The van der Waals surface area contributed by atoms with Gasteiger partial charge in [-0.15, -0.1) is 0 Å². The smallest absolute Gasteiger partial charge is 0.308 e. The molecule has 1 aliphatic heterocycles. The number of urea groups is 1. The van der Waals surface area contributed by atoms with Gasteiger partial charge in [0, 0.05) is 18.7 Å². The van der Waals surface area contributed by atoms with Gasteiger partial charge in [-0.1, -0.05) is 41.5 Å². The zero-order valence-electron chi connectivity index (χ0n) is 16.0. The summed E-state index contributed by atoms with van der Waals surface area (Å²) in [6.07, 6.45) is 2.80. The number of benzene rings is 1. The van der Waals surface area contributed by atoms with E-state index < -0.39 is 6.03 Å². The summed E-state index contributed by atoms with van der Waals surface area (Å²) in [5.41, 5.74) is 1.24. The number of hydrogen-bond acceptors (Lipinski definition) is 4. The number of nitrogens with zero attached hydrogens (tertiary/aromatic N) is 2. The molecule has 0 radical (unpaired) electrons. The fraction of sp³-hybridized carbons (Fsp3) is 0.350. The predicted octanol–water partition coefficient (Wildman–Crippen LogP) is 5.69. The Labute approximate surface area is 181 Å². The number of anilines is 2. The van der Waals surface area contributed by atoms with Crippen LogP contribution in [0.4, 0.5) is 15.5 Å². The molecule has 0 spiro atoms. The molecule has 2 amide bonds. The Morgan fingerprint density at radius 3 is 2.79 bits per heavy atom. The first-order chi connectivity index (χ1) is 13.8. The van der Waals surface area contributed by atoms with Gasteiger partial charge in [0.2, 0.25) is 0 Å².